The van der Waals surface area contributed by atoms with Crippen molar-refractivity contribution in [1.82, 2.24) is 4.90 Å². The highest BCUT2D eigenvalue weighted by atomic mass is 35.5. The molecule has 40 heavy (non-hydrogen) atoms. The molecular formula is C33H41ClN2O3S. The molecule has 1 aromatic heterocycles. The number of halogens is 1. The van der Waals surface area contributed by atoms with E-state index < -0.39 is 0 Å². The van der Waals surface area contributed by atoms with Gasteiger partial charge in [0.1, 0.15) is 12.4 Å². The Labute approximate surface area is 247 Å². The van der Waals surface area contributed by atoms with Crippen LogP contribution < -0.4 is 10.5 Å². The van der Waals surface area contributed by atoms with Crippen molar-refractivity contribution >= 4 is 33.7 Å². The molecule has 2 fully saturated rings. The highest BCUT2D eigenvalue weighted by molar-refractivity contribution is 7.20. The molecule has 7 heteroatoms. The van der Waals surface area contributed by atoms with Gasteiger partial charge in [-0.05, 0) is 85.3 Å². The number of ketones is 1. The average molecular weight is 581 g/mol. The van der Waals surface area contributed by atoms with Crippen LogP contribution in [-0.2, 0) is 11.3 Å². The van der Waals surface area contributed by atoms with Crippen LogP contribution in [0.1, 0.15) is 85.7 Å². The Morgan fingerprint density at radius 2 is 1.50 bits per heavy atom. The minimum absolute atomic E-state index is 0.0292. The Balaban J connectivity index is 1.54. The third-order valence-corrected chi connectivity index (χ3v) is 9.83. The van der Waals surface area contributed by atoms with Crippen LogP contribution in [-0.4, -0.2) is 43.1 Å². The molecule has 0 unspecified atom stereocenters. The van der Waals surface area contributed by atoms with Crippen molar-refractivity contribution < 1.29 is 14.3 Å². The summed E-state index contributed by atoms with van der Waals surface area (Å²) in [5.41, 5.74) is 10.1. The first-order chi connectivity index (χ1) is 19.5. The van der Waals surface area contributed by atoms with E-state index in [1.54, 1.807) is 31.4 Å². The highest BCUT2D eigenvalue weighted by Gasteiger charge is 2.32. The molecule has 0 spiro atoms. The van der Waals surface area contributed by atoms with Gasteiger partial charge in [0.15, 0.2) is 5.78 Å². The second-order valence-electron chi connectivity index (χ2n) is 11.1. The van der Waals surface area contributed by atoms with Gasteiger partial charge < -0.3 is 15.2 Å². The van der Waals surface area contributed by atoms with E-state index in [2.05, 4.69) is 17.0 Å². The molecule has 0 atom stereocenters. The summed E-state index contributed by atoms with van der Waals surface area (Å²) in [6, 6.07) is 16.4. The maximum atomic E-state index is 14.0. The van der Waals surface area contributed by atoms with Crippen LogP contribution in [0.15, 0.2) is 48.5 Å². The summed E-state index contributed by atoms with van der Waals surface area (Å²) in [6.07, 6.45) is 12.7. The lowest BCUT2D eigenvalue weighted by molar-refractivity contribution is 0.0728. The summed E-state index contributed by atoms with van der Waals surface area (Å²) in [7, 11) is 1.67. The Morgan fingerprint density at radius 3 is 2.08 bits per heavy atom. The van der Waals surface area contributed by atoms with Crippen LogP contribution in [0.25, 0.3) is 10.4 Å². The summed E-state index contributed by atoms with van der Waals surface area (Å²) in [4.78, 5) is 17.8. The third kappa shape index (κ3) is 6.91. The number of rotatable bonds is 11. The summed E-state index contributed by atoms with van der Waals surface area (Å²) in [6.45, 7) is 1.80. The molecular weight excluding hydrogens is 540 g/mol. The fourth-order valence-electron chi connectivity index (χ4n) is 6.37. The number of carbonyl (C=O) groups is 1. The van der Waals surface area contributed by atoms with Crippen LogP contribution in [0.3, 0.4) is 0 Å². The number of thiophene rings is 1. The van der Waals surface area contributed by atoms with E-state index in [9.17, 15) is 4.79 Å². The van der Waals surface area contributed by atoms with Gasteiger partial charge in [0, 0.05) is 41.2 Å². The van der Waals surface area contributed by atoms with Crippen molar-refractivity contribution in [3.8, 4) is 16.2 Å². The second-order valence-corrected chi connectivity index (χ2v) is 12.6. The minimum Gasteiger partial charge on any atom is -0.491 e. The number of methoxy groups -OCH3 is 1. The standard InChI is InChI=1S/C33H41ClN2O3S/c1-38-20-21-39-28-18-14-24(15-19-28)32-29(30(33(35)40-32)31(37)23-12-16-25(34)17-13-23)22-36(26-8-4-2-5-9-26)27-10-6-3-7-11-27/h12-19,26-27H,2-11,20-22,35H2,1H3. The van der Waals surface area contributed by atoms with Gasteiger partial charge >= 0.3 is 0 Å². The fraction of sp³-hybridized carbons (Fsp3) is 0.485. The lowest BCUT2D eigenvalue weighted by atomic mass is 9.87. The van der Waals surface area contributed by atoms with E-state index >= 15 is 0 Å². The number of carbonyl (C=O) groups excluding carboxylic acids is 1. The van der Waals surface area contributed by atoms with Gasteiger partial charge in [-0.3, -0.25) is 9.69 Å². The van der Waals surface area contributed by atoms with E-state index in [4.69, 9.17) is 26.8 Å². The topological polar surface area (TPSA) is 64.8 Å². The molecule has 0 saturated heterocycles. The smallest absolute Gasteiger partial charge is 0.196 e. The van der Waals surface area contributed by atoms with Gasteiger partial charge in [-0.15, -0.1) is 11.3 Å². The third-order valence-electron chi connectivity index (χ3n) is 8.47. The zero-order valence-corrected chi connectivity index (χ0v) is 25.1. The predicted molar refractivity (Wildman–Crippen MR) is 166 cm³/mol. The number of hydrogen-bond donors (Lipinski definition) is 1. The summed E-state index contributed by atoms with van der Waals surface area (Å²) < 4.78 is 10.9. The molecule has 5 nitrogen and oxygen atoms in total. The normalized spacial score (nSPS) is 16.9. The molecule has 2 N–H and O–H groups in total. The van der Waals surface area contributed by atoms with Crippen molar-refractivity contribution in [2.24, 2.45) is 0 Å². The first kappa shape index (κ1) is 29.1. The largest absolute Gasteiger partial charge is 0.491 e. The van der Waals surface area contributed by atoms with E-state index in [0.717, 1.165) is 28.3 Å². The maximum Gasteiger partial charge on any atom is 0.196 e. The molecule has 0 bridgehead atoms. The summed E-state index contributed by atoms with van der Waals surface area (Å²) >= 11 is 7.67. The predicted octanol–water partition coefficient (Wildman–Crippen LogP) is 8.37. The number of benzene rings is 2. The van der Waals surface area contributed by atoms with E-state index in [1.165, 1.54) is 75.5 Å². The van der Waals surface area contributed by atoms with Crippen molar-refractivity contribution in [3.05, 3.63) is 70.2 Å². The zero-order chi connectivity index (χ0) is 27.9. The molecule has 0 aliphatic heterocycles. The van der Waals surface area contributed by atoms with E-state index in [-0.39, 0.29) is 5.78 Å². The molecule has 0 amide bonds. The quantitative estimate of drug-likeness (QED) is 0.182. The highest BCUT2D eigenvalue weighted by Crippen LogP contribution is 2.43. The van der Waals surface area contributed by atoms with Crippen LogP contribution in [0.5, 0.6) is 5.75 Å². The van der Waals surface area contributed by atoms with Gasteiger partial charge in [0.25, 0.3) is 0 Å². The number of hydrogen-bond acceptors (Lipinski definition) is 6. The van der Waals surface area contributed by atoms with Crippen molar-refractivity contribution in [1.29, 1.82) is 0 Å². The first-order valence-corrected chi connectivity index (χ1v) is 15.9. The molecule has 1 heterocycles. The minimum atomic E-state index is -0.0292. The number of nitrogens with two attached hydrogens (primary N) is 1. The molecule has 0 radical (unpaired) electrons. The van der Waals surface area contributed by atoms with Crippen LogP contribution in [0, 0.1) is 0 Å². The Morgan fingerprint density at radius 1 is 0.900 bits per heavy atom. The zero-order valence-electron chi connectivity index (χ0n) is 23.5. The van der Waals surface area contributed by atoms with Crippen LogP contribution in [0.2, 0.25) is 5.02 Å². The number of nitrogens with zero attached hydrogens (tertiary/aromatic N) is 1. The van der Waals surface area contributed by atoms with Gasteiger partial charge in [0.05, 0.1) is 17.2 Å². The fourth-order valence-corrected chi connectivity index (χ4v) is 7.58. The van der Waals surface area contributed by atoms with Crippen LogP contribution >= 0.6 is 22.9 Å². The molecule has 2 aromatic carbocycles. The molecule has 214 valence electrons. The van der Waals surface area contributed by atoms with Crippen molar-refractivity contribution in [2.45, 2.75) is 82.8 Å². The van der Waals surface area contributed by atoms with E-state index in [0.29, 0.717) is 46.4 Å². The van der Waals surface area contributed by atoms with Gasteiger partial charge in [-0.1, -0.05) is 50.1 Å². The Hall–Kier alpha value is -2.38. The second kappa shape index (κ2) is 14.0. The van der Waals surface area contributed by atoms with Crippen molar-refractivity contribution in [3.63, 3.8) is 0 Å². The van der Waals surface area contributed by atoms with Gasteiger partial charge in [-0.2, -0.15) is 0 Å². The summed E-state index contributed by atoms with van der Waals surface area (Å²) in [5.74, 6) is 0.772. The number of ether oxygens (including phenoxy) is 2. The van der Waals surface area contributed by atoms with Gasteiger partial charge in [-0.25, -0.2) is 0 Å². The molecule has 2 saturated carbocycles. The number of anilines is 1. The Bertz CT molecular complexity index is 1230. The molecule has 2 aliphatic rings. The summed E-state index contributed by atoms with van der Waals surface area (Å²) in [5, 5.41) is 1.20. The first-order valence-electron chi connectivity index (χ1n) is 14.7. The van der Waals surface area contributed by atoms with Gasteiger partial charge in [0.2, 0.25) is 0 Å². The van der Waals surface area contributed by atoms with Crippen molar-refractivity contribution in [2.75, 3.05) is 26.1 Å². The lowest BCUT2D eigenvalue weighted by Crippen LogP contribution is -2.44. The maximum absolute atomic E-state index is 14.0. The lowest BCUT2D eigenvalue weighted by Gasteiger charge is -2.42. The van der Waals surface area contributed by atoms with Crippen LogP contribution in [0.4, 0.5) is 5.00 Å². The van der Waals surface area contributed by atoms with E-state index in [1.807, 2.05) is 12.1 Å². The monoisotopic (exact) mass is 580 g/mol. The average Bonchev–Trinajstić information content (AvgIpc) is 3.32. The SMILES string of the molecule is COCCOc1ccc(-c2sc(N)c(C(=O)c3ccc(Cl)cc3)c2CN(C2CCCCC2)C2CCCCC2)cc1. The number of nitrogen functional groups attached to an aromatic ring is 1. The Kier molecular flexibility index (Phi) is 10.2. The molecule has 5 rings (SSSR count). The molecule has 3 aromatic rings. The molecule has 2 aliphatic carbocycles.